The van der Waals surface area contributed by atoms with Crippen LogP contribution in [-0.2, 0) is 24.8 Å². The number of hydrogen-bond acceptors (Lipinski definition) is 5. The number of nitrogens with two attached hydrogens (primary N) is 1. The lowest BCUT2D eigenvalue weighted by atomic mass is 9.87. The summed E-state index contributed by atoms with van der Waals surface area (Å²) in [6.45, 7) is 2.20. The number of hydrogen-bond donors (Lipinski definition) is 3. The Morgan fingerprint density at radius 2 is 1.43 bits per heavy atom. The fourth-order valence-electron chi connectivity index (χ4n) is 5.26. The van der Waals surface area contributed by atoms with Gasteiger partial charge in [-0.1, -0.05) is 19.8 Å². The molecule has 3 rings (SSSR count). The molecule has 0 aromatic heterocycles. The van der Waals surface area contributed by atoms with Crippen LogP contribution >= 0.6 is 0 Å². The fraction of sp³-hybridized carbons (Fsp3) is 0.950. The van der Waals surface area contributed by atoms with Gasteiger partial charge in [-0.3, -0.25) is 4.79 Å². The molecule has 3 saturated carbocycles. The molecule has 0 spiro atoms. The number of rotatable bonds is 6. The predicted molar refractivity (Wildman–Crippen MR) is 117 cm³/mol. The van der Waals surface area contributed by atoms with Gasteiger partial charge in [-0.25, -0.2) is 26.7 Å². The zero-order chi connectivity index (χ0) is 21.9. The highest BCUT2D eigenvalue weighted by Gasteiger charge is 2.37. The molecule has 0 aliphatic heterocycles. The van der Waals surface area contributed by atoms with Crippen LogP contribution in [0.1, 0.15) is 84.0 Å². The molecular formula is C20H37N3O5S2. The van der Waals surface area contributed by atoms with E-state index in [-0.39, 0.29) is 23.9 Å². The second kappa shape index (κ2) is 9.83. The minimum Gasteiger partial charge on any atom is -0.353 e. The lowest BCUT2D eigenvalue weighted by Crippen LogP contribution is -2.48. The number of primary sulfonamides is 1. The highest BCUT2D eigenvalue weighted by molar-refractivity contribution is 7.90. The Balaban J connectivity index is 1.54. The zero-order valence-electron chi connectivity index (χ0n) is 17.9. The maximum absolute atomic E-state index is 12.9. The summed E-state index contributed by atoms with van der Waals surface area (Å²) < 4.78 is 52.0. The highest BCUT2D eigenvalue weighted by Crippen LogP contribution is 2.31. The van der Waals surface area contributed by atoms with Crippen LogP contribution in [0.3, 0.4) is 0 Å². The van der Waals surface area contributed by atoms with Crippen molar-refractivity contribution in [1.82, 2.24) is 10.0 Å². The van der Waals surface area contributed by atoms with E-state index in [0.29, 0.717) is 50.9 Å². The van der Waals surface area contributed by atoms with Crippen LogP contribution in [0.4, 0.5) is 0 Å². The molecule has 4 N–H and O–H groups in total. The van der Waals surface area contributed by atoms with Crippen molar-refractivity contribution >= 4 is 26.0 Å². The average molecular weight is 464 g/mol. The van der Waals surface area contributed by atoms with Crippen molar-refractivity contribution in [2.75, 3.05) is 0 Å². The average Bonchev–Trinajstić information content (AvgIpc) is 2.69. The van der Waals surface area contributed by atoms with Crippen LogP contribution in [0.15, 0.2) is 0 Å². The molecule has 0 radical (unpaired) electrons. The van der Waals surface area contributed by atoms with Crippen LogP contribution in [-0.4, -0.2) is 45.3 Å². The van der Waals surface area contributed by atoms with Crippen molar-refractivity contribution in [3.8, 4) is 0 Å². The molecule has 0 saturated heterocycles. The standard InChI is InChI=1S/C20H37N3O5S2/c1-14-8-10-16(11-9-14)23-30(27,28)19-7-2-4-15(12-19)20(24)22-17-5-3-6-18(13-17)29(21,25)26/h14-19,23H,2-13H2,1H3,(H,22,24)(H2,21,25,26). The summed E-state index contributed by atoms with van der Waals surface area (Å²) >= 11 is 0. The minimum atomic E-state index is -3.60. The maximum atomic E-state index is 12.9. The molecule has 0 aromatic carbocycles. The molecule has 4 unspecified atom stereocenters. The summed E-state index contributed by atoms with van der Waals surface area (Å²) in [6, 6.07) is -0.202. The van der Waals surface area contributed by atoms with E-state index in [0.717, 1.165) is 32.1 Å². The topological polar surface area (TPSA) is 135 Å². The van der Waals surface area contributed by atoms with Crippen LogP contribution in [0, 0.1) is 11.8 Å². The number of amides is 1. The third-order valence-corrected chi connectivity index (χ3v) is 10.5. The lowest BCUT2D eigenvalue weighted by Gasteiger charge is -2.33. The van der Waals surface area contributed by atoms with Gasteiger partial charge in [-0.15, -0.1) is 0 Å². The predicted octanol–water partition coefficient (Wildman–Crippen LogP) is 1.76. The van der Waals surface area contributed by atoms with Gasteiger partial charge in [-0.05, 0) is 70.1 Å². The number of sulfonamides is 2. The summed E-state index contributed by atoms with van der Waals surface area (Å²) in [4.78, 5) is 12.8. The normalized spacial score (nSPS) is 36.2. The van der Waals surface area contributed by atoms with Crippen molar-refractivity contribution < 1.29 is 21.6 Å². The molecule has 4 atom stereocenters. The summed E-state index contributed by atoms with van der Waals surface area (Å²) in [5.41, 5.74) is 0. The molecule has 3 aliphatic rings. The second-order valence-corrected chi connectivity index (χ2v) is 13.5. The molecule has 174 valence electrons. The van der Waals surface area contributed by atoms with E-state index < -0.39 is 30.5 Å². The van der Waals surface area contributed by atoms with Crippen LogP contribution in [0.25, 0.3) is 0 Å². The lowest BCUT2D eigenvalue weighted by molar-refractivity contribution is -0.126. The quantitative estimate of drug-likeness (QED) is 0.551. The molecule has 0 bridgehead atoms. The summed E-state index contributed by atoms with van der Waals surface area (Å²) in [5, 5.41) is 7.11. The van der Waals surface area contributed by atoms with Gasteiger partial charge in [0.2, 0.25) is 26.0 Å². The second-order valence-electron chi connectivity index (χ2n) is 9.69. The van der Waals surface area contributed by atoms with Gasteiger partial charge in [0.25, 0.3) is 0 Å². The fourth-order valence-corrected chi connectivity index (χ4v) is 8.12. The molecule has 10 heteroatoms. The largest absolute Gasteiger partial charge is 0.353 e. The van der Waals surface area contributed by atoms with Gasteiger partial charge in [0.1, 0.15) is 0 Å². The molecule has 3 fully saturated rings. The molecule has 30 heavy (non-hydrogen) atoms. The Kier molecular flexibility index (Phi) is 7.85. The van der Waals surface area contributed by atoms with E-state index in [1.807, 2.05) is 0 Å². The van der Waals surface area contributed by atoms with E-state index in [9.17, 15) is 21.6 Å². The third kappa shape index (κ3) is 6.40. The van der Waals surface area contributed by atoms with Gasteiger partial charge in [0.05, 0.1) is 10.5 Å². The van der Waals surface area contributed by atoms with E-state index in [1.165, 1.54) is 0 Å². The molecule has 3 aliphatic carbocycles. The van der Waals surface area contributed by atoms with Crippen LogP contribution in [0.5, 0.6) is 0 Å². The molecule has 0 heterocycles. The zero-order valence-corrected chi connectivity index (χ0v) is 19.5. The van der Waals surface area contributed by atoms with Crippen molar-refractivity contribution in [3.63, 3.8) is 0 Å². The summed E-state index contributed by atoms with van der Waals surface area (Å²) in [7, 11) is -7.06. The first-order valence-corrected chi connectivity index (χ1v) is 14.5. The first-order chi connectivity index (χ1) is 14.0. The van der Waals surface area contributed by atoms with Crippen molar-refractivity contribution in [3.05, 3.63) is 0 Å². The molecule has 0 aromatic rings. The van der Waals surface area contributed by atoms with Gasteiger partial charge in [0.15, 0.2) is 0 Å². The van der Waals surface area contributed by atoms with Gasteiger partial charge >= 0.3 is 0 Å². The molecule has 8 nitrogen and oxygen atoms in total. The van der Waals surface area contributed by atoms with Crippen LogP contribution < -0.4 is 15.2 Å². The number of carbonyl (C=O) groups is 1. The minimum absolute atomic E-state index is 0.0118. The van der Waals surface area contributed by atoms with E-state index in [2.05, 4.69) is 17.0 Å². The SMILES string of the molecule is CC1CCC(NS(=O)(=O)C2CCCC(C(=O)NC3CCCC(S(N)(=O)=O)C3)C2)CC1. The van der Waals surface area contributed by atoms with Crippen molar-refractivity contribution in [2.45, 2.75) is 107 Å². The van der Waals surface area contributed by atoms with Crippen molar-refractivity contribution in [1.29, 1.82) is 0 Å². The van der Waals surface area contributed by atoms with Gasteiger partial charge in [0, 0.05) is 18.0 Å². The molecular weight excluding hydrogens is 426 g/mol. The monoisotopic (exact) mass is 463 g/mol. The van der Waals surface area contributed by atoms with Crippen LogP contribution in [0.2, 0.25) is 0 Å². The van der Waals surface area contributed by atoms with E-state index >= 15 is 0 Å². The van der Waals surface area contributed by atoms with E-state index in [4.69, 9.17) is 5.14 Å². The highest BCUT2D eigenvalue weighted by atomic mass is 32.2. The van der Waals surface area contributed by atoms with Gasteiger partial charge in [-0.2, -0.15) is 0 Å². The maximum Gasteiger partial charge on any atom is 0.223 e. The Labute approximate surface area is 181 Å². The third-order valence-electron chi connectivity index (χ3n) is 7.22. The summed E-state index contributed by atoms with van der Waals surface area (Å²) in [5.74, 6) is 0.158. The first kappa shape index (κ1) is 23.9. The molecule has 1 amide bonds. The smallest absolute Gasteiger partial charge is 0.223 e. The Hall–Kier alpha value is -0.710. The summed E-state index contributed by atoms with van der Waals surface area (Å²) in [6.07, 6.45) is 8.43. The van der Waals surface area contributed by atoms with Gasteiger partial charge < -0.3 is 5.32 Å². The van der Waals surface area contributed by atoms with Crippen molar-refractivity contribution in [2.24, 2.45) is 17.0 Å². The number of carbonyl (C=O) groups excluding carboxylic acids is 1. The first-order valence-electron chi connectivity index (χ1n) is 11.4. The Morgan fingerprint density at radius 1 is 0.800 bits per heavy atom. The Morgan fingerprint density at radius 3 is 2.10 bits per heavy atom. The Bertz CT molecular complexity index is 806. The van der Waals surface area contributed by atoms with E-state index in [1.54, 1.807) is 0 Å². The number of nitrogens with one attached hydrogen (secondary N) is 2.